The van der Waals surface area contributed by atoms with E-state index in [1.165, 1.54) is 15.6 Å². The third-order valence-electron chi connectivity index (χ3n) is 5.09. The lowest BCUT2D eigenvalue weighted by atomic mass is 10.1. The first-order valence-corrected chi connectivity index (χ1v) is 11.6. The van der Waals surface area contributed by atoms with E-state index in [0.29, 0.717) is 23.7 Å². The highest BCUT2D eigenvalue weighted by Gasteiger charge is 2.26. The van der Waals surface area contributed by atoms with Gasteiger partial charge in [0.1, 0.15) is 0 Å². The van der Waals surface area contributed by atoms with Gasteiger partial charge in [0.15, 0.2) is 0 Å². The van der Waals surface area contributed by atoms with E-state index < -0.39 is 10.0 Å². The van der Waals surface area contributed by atoms with E-state index in [1.54, 1.807) is 24.3 Å². The van der Waals surface area contributed by atoms with Crippen LogP contribution in [0.4, 0.5) is 5.69 Å². The zero-order valence-electron chi connectivity index (χ0n) is 15.6. The van der Waals surface area contributed by atoms with Crippen LogP contribution < -0.4 is 5.32 Å². The molecule has 1 aliphatic heterocycles. The Bertz CT molecular complexity index is 1130. The molecule has 2 aromatic carbocycles. The van der Waals surface area contributed by atoms with E-state index in [1.807, 2.05) is 31.2 Å². The number of sulfonamides is 1. The Morgan fingerprint density at radius 2 is 1.79 bits per heavy atom. The molecule has 1 saturated heterocycles. The maximum absolute atomic E-state index is 12.9. The summed E-state index contributed by atoms with van der Waals surface area (Å²) < 4.78 is 28.4. The molecule has 0 unspecified atom stereocenters. The molecule has 146 valence electrons. The number of hydrogen-bond donors (Lipinski definition) is 1. The van der Waals surface area contributed by atoms with Gasteiger partial charge in [-0.15, -0.1) is 11.3 Å². The van der Waals surface area contributed by atoms with Crippen molar-refractivity contribution in [1.82, 2.24) is 4.31 Å². The van der Waals surface area contributed by atoms with Crippen molar-refractivity contribution < 1.29 is 13.2 Å². The van der Waals surface area contributed by atoms with Crippen molar-refractivity contribution in [3.8, 4) is 0 Å². The van der Waals surface area contributed by atoms with Gasteiger partial charge >= 0.3 is 0 Å². The molecule has 0 atom stereocenters. The predicted octanol–water partition coefficient (Wildman–Crippen LogP) is 4.64. The largest absolute Gasteiger partial charge is 0.321 e. The maximum Gasteiger partial charge on any atom is 0.266 e. The summed E-state index contributed by atoms with van der Waals surface area (Å²) in [6.07, 6.45) is 2.85. The molecular weight excluding hydrogens is 392 g/mol. The summed E-state index contributed by atoms with van der Waals surface area (Å²) in [5, 5.41) is 3.93. The number of rotatable bonds is 4. The molecule has 0 spiro atoms. The van der Waals surface area contributed by atoms with E-state index in [0.717, 1.165) is 34.9 Å². The Labute approximate surface area is 169 Å². The molecule has 7 heteroatoms. The second-order valence-corrected chi connectivity index (χ2v) is 9.99. The maximum atomic E-state index is 12.9. The van der Waals surface area contributed by atoms with E-state index in [2.05, 4.69) is 5.32 Å². The highest BCUT2D eigenvalue weighted by molar-refractivity contribution is 7.89. The SMILES string of the molecule is Cc1c(C(=O)Nc2cccc(S(=O)(=O)N3CCCCC3)c2)sc2ccccc12. The molecule has 1 amide bonds. The summed E-state index contributed by atoms with van der Waals surface area (Å²) in [5.41, 5.74) is 1.43. The van der Waals surface area contributed by atoms with Crippen LogP contribution in [0, 0.1) is 6.92 Å². The van der Waals surface area contributed by atoms with Crippen molar-refractivity contribution in [3.05, 3.63) is 59.0 Å². The Morgan fingerprint density at radius 1 is 1.04 bits per heavy atom. The van der Waals surface area contributed by atoms with Gasteiger partial charge in [-0.1, -0.05) is 30.7 Å². The number of aryl methyl sites for hydroxylation is 1. The van der Waals surface area contributed by atoms with Crippen LogP contribution in [0.2, 0.25) is 0 Å². The molecule has 1 aliphatic rings. The standard InChI is InChI=1S/C21H22N2O3S2/c1-15-18-10-3-4-11-19(18)27-20(15)21(24)22-16-8-7-9-17(14-16)28(25,26)23-12-5-2-6-13-23/h3-4,7-11,14H,2,5-6,12-13H2,1H3,(H,22,24). The summed E-state index contributed by atoms with van der Waals surface area (Å²) in [4.78, 5) is 13.7. The molecule has 1 N–H and O–H groups in total. The van der Waals surface area contributed by atoms with Crippen LogP contribution in [0.1, 0.15) is 34.5 Å². The smallest absolute Gasteiger partial charge is 0.266 e. The van der Waals surface area contributed by atoms with Crippen molar-refractivity contribution in [2.75, 3.05) is 18.4 Å². The van der Waals surface area contributed by atoms with Crippen molar-refractivity contribution in [1.29, 1.82) is 0 Å². The monoisotopic (exact) mass is 414 g/mol. The molecule has 0 saturated carbocycles. The Kier molecular flexibility index (Phi) is 5.23. The zero-order valence-corrected chi connectivity index (χ0v) is 17.3. The number of amides is 1. The van der Waals surface area contributed by atoms with E-state index in [9.17, 15) is 13.2 Å². The third-order valence-corrected chi connectivity index (χ3v) is 8.26. The molecule has 5 nitrogen and oxygen atoms in total. The first-order valence-electron chi connectivity index (χ1n) is 9.36. The number of carbonyl (C=O) groups excluding carboxylic acids is 1. The number of fused-ring (bicyclic) bond motifs is 1. The van der Waals surface area contributed by atoms with Gasteiger partial charge in [-0.2, -0.15) is 4.31 Å². The first kappa shape index (κ1) is 19.1. The van der Waals surface area contributed by atoms with E-state index in [4.69, 9.17) is 0 Å². The number of thiophene rings is 1. The summed E-state index contributed by atoms with van der Waals surface area (Å²) in [6, 6.07) is 14.4. The fraction of sp³-hybridized carbons (Fsp3) is 0.286. The minimum absolute atomic E-state index is 0.216. The molecule has 1 fully saturated rings. The Morgan fingerprint density at radius 3 is 2.54 bits per heavy atom. The minimum atomic E-state index is -3.53. The predicted molar refractivity (Wildman–Crippen MR) is 114 cm³/mol. The Balaban J connectivity index is 1.59. The highest BCUT2D eigenvalue weighted by atomic mass is 32.2. The number of carbonyl (C=O) groups is 1. The number of piperidine rings is 1. The summed E-state index contributed by atoms with van der Waals surface area (Å²) in [6.45, 7) is 3.05. The van der Waals surface area contributed by atoms with E-state index in [-0.39, 0.29) is 10.8 Å². The molecule has 2 heterocycles. The first-order chi connectivity index (χ1) is 13.5. The number of benzene rings is 2. The van der Waals surface area contributed by atoms with Crippen LogP contribution in [0.3, 0.4) is 0 Å². The van der Waals surface area contributed by atoms with Gasteiger partial charge in [-0.25, -0.2) is 8.42 Å². The fourth-order valence-electron chi connectivity index (χ4n) is 3.57. The molecule has 28 heavy (non-hydrogen) atoms. The van der Waals surface area contributed by atoms with Crippen molar-refractivity contribution in [2.45, 2.75) is 31.1 Å². The number of anilines is 1. The van der Waals surface area contributed by atoms with Gasteiger partial charge in [0.2, 0.25) is 10.0 Å². The lowest BCUT2D eigenvalue weighted by molar-refractivity contribution is 0.103. The molecule has 4 rings (SSSR count). The zero-order chi connectivity index (χ0) is 19.7. The normalized spacial score (nSPS) is 15.6. The lowest BCUT2D eigenvalue weighted by Crippen LogP contribution is -2.35. The Hall–Kier alpha value is -2.22. The van der Waals surface area contributed by atoms with Crippen molar-refractivity contribution in [2.24, 2.45) is 0 Å². The third kappa shape index (κ3) is 3.57. The van der Waals surface area contributed by atoms with Gasteiger partial charge in [0, 0.05) is 23.5 Å². The van der Waals surface area contributed by atoms with Gasteiger partial charge in [0.05, 0.1) is 9.77 Å². The summed E-state index contributed by atoms with van der Waals surface area (Å²) >= 11 is 1.45. The minimum Gasteiger partial charge on any atom is -0.321 e. The van der Waals surface area contributed by atoms with Gasteiger partial charge in [-0.05, 0) is 55.0 Å². The summed E-state index contributed by atoms with van der Waals surface area (Å²) in [5.74, 6) is -0.216. The summed E-state index contributed by atoms with van der Waals surface area (Å²) in [7, 11) is -3.53. The number of hydrogen-bond acceptors (Lipinski definition) is 4. The molecule has 0 aliphatic carbocycles. The molecule has 0 radical (unpaired) electrons. The average molecular weight is 415 g/mol. The van der Waals surface area contributed by atoms with Gasteiger partial charge in [-0.3, -0.25) is 4.79 Å². The van der Waals surface area contributed by atoms with Crippen LogP contribution in [0.15, 0.2) is 53.4 Å². The topological polar surface area (TPSA) is 66.5 Å². The lowest BCUT2D eigenvalue weighted by Gasteiger charge is -2.26. The molecule has 1 aromatic heterocycles. The van der Waals surface area contributed by atoms with Gasteiger partial charge < -0.3 is 5.32 Å². The van der Waals surface area contributed by atoms with Crippen LogP contribution in [-0.4, -0.2) is 31.7 Å². The molecule has 0 bridgehead atoms. The van der Waals surface area contributed by atoms with Crippen LogP contribution in [-0.2, 0) is 10.0 Å². The average Bonchev–Trinajstić information content (AvgIpc) is 3.06. The number of nitrogens with one attached hydrogen (secondary N) is 1. The second kappa shape index (κ2) is 7.66. The van der Waals surface area contributed by atoms with Crippen LogP contribution >= 0.6 is 11.3 Å². The van der Waals surface area contributed by atoms with Crippen molar-refractivity contribution in [3.63, 3.8) is 0 Å². The van der Waals surface area contributed by atoms with Gasteiger partial charge in [0.25, 0.3) is 5.91 Å². The van der Waals surface area contributed by atoms with Crippen LogP contribution in [0.25, 0.3) is 10.1 Å². The second-order valence-electron chi connectivity index (χ2n) is 7.00. The van der Waals surface area contributed by atoms with Crippen LogP contribution in [0.5, 0.6) is 0 Å². The number of nitrogens with zero attached hydrogens (tertiary/aromatic N) is 1. The fourth-order valence-corrected chi connectivity index (χ4v) is 6.24. The molecule has 3 aromatic rings. The van der Waals surface area contributed by atoms with Crippen molar-refractivity contribution >= 4 is 43.0 Å². The highest BCUT2D eigenvalue weighted by Crippen LogP contribution is 2.31. The van der Waals surface area contributed by atoms with E-state index >= 15 is 0 Å². The quantitative estimate of drug-likeness (QED) is 0.676. The molecular formula is C21H22N2O3S2.